The topological polar surface area (TPSA) is 108 Å². The Morgan fingerprint density at radius 1 is 1.03 bits per heavy atom. The highest BCUT2D eigenvalue weighted by Crippen LogP contribution is 2.21. The number of pyridine rings is 1. The summed E-state index contributed by atoms with van der Waals surface area (Å²) >= 11 is 5.86. The summed E-state index contributed by atoms with van der Waals surface area (Å²) in [6.07, 6.45) is 1.83. The van der Waals surface area contributed by atoms with E-state index in [-0.39, 0.29) is 21.5 Å². The molecule has 3 N–H and O–H groups in total. The van der Waals surface area contributed by atoms with Crippen LogP contribution in [0.1, 0.15) is 15.9 Å². The minimum atomic E-state index is -4.18. The molecule has 174 valence electrons. The maximum Gasteiger partial charge on any atom is 0.262 e. The van der Waals surface area contributed by atoms with Crippen LogP contribution in [-0.4, -0.2) is 25.9 Å². The van der Waals surface area contributed by atoms with Gasteiger partial charge in [0.25, 0.3) is 15.9 Å². The minimum absolute atomic E-state index is 0.0155. The van der Waals surface area contributed by atoms with E-state index in [0.717, 1.165) is 17.7 Å². The van der Waals surface area contributed by atoms with Gasteiger partial charge in [-0.05, 0) is 54.4 Å². The van der Waals surface area contributed by atoms with Crippen molar-refractivity contribution in [3.63, 3.8) is 0 Å². The van der Waals surface area contributed by atoms with Gasteiger partial charge in [0.05, 0.1) is 10.6 Å². The highest BCUT2D eigenvalue weighted by atomic mass is 35.5. The number of para-hydroxylation sites is 1. The molecule has 0 aliphatic heterocycles. The molecule has 0 aliphatic carbocycles. The molecular weight excluding hydrogens is 481 g/mol. The zero-order chi connectivity index (χ0) is 24.3. The minimum Gasteiger partial charge on any atom is -0.360 e. The first-order valence-electron chi connectivity index (χ1n) is 10.2. The molecule has 0 saturated carbocycles. The molecule has 7 nitrogen and oxygen atoms in total. The lowest BCUT2D eigenvalue weighted by molar-refractivity contribution is 0.0953. The van der Waals surface area contributed by atoms with Crippen LogP contribution in [0.25, 0.3) is 10.9 Å². The number of aromatic amines is 1. The molecule has 0 saturated heterocycles. The van der Waals surface area contributed by atoms with Crippen LogP contribution < -0.4 is 15.5 Å². The zero-order valence-electron chi connectivity index (χ0n) is 17.6. The van der Waals surface area contributed by atoms with Crippen LogP contribution in [0.2, 0.25) is 5.02 Å². The lowest BCUT2D eigenvalue weighted by Crippen LogP contribution is -2.30. The van der Waals surface area contributed by atoms with E-state index >= 15 is 0 Å². The lowest BCUT2D eigenvalue weighted by Gasteiger charge is -2.10. The molecule has 0 aliphatic rings. The number of halogens is 2. The number of benzene rings is 3. The van der Waals surface area contributed by atoms with Crippen LogP contribution in [0.4, 0.5) is 10.1 Å². The Labute approximate surface area is 199 Å². The molecule has 0 atom stereocenters. The number of H-pyrrole nitrogens is 1. The third kappa shape index (κ3) is 5.11. The molecule has 1 heterocycles. The van der Waals surface area contributed by atoms with Crippen molar-refractivity contribution in [2.45, 2.75) is 11.3 Å². The van der Waals surface area contributed by atoms with Crippen LogP contribution >= 0.6 is 11.6 Å². The first-order valence-corrected chi connectivity index (χ1v) is 12.1. The molecule has 4 rings (SSSR count). The fourth-order valence-electron chi connectivity index (χ4n) is 3.35. The fraction of sp³-hybridized carbons (Fsp3) is 0.0833. The van der Waals surface area contributed by atoms with Gasteiger partial charge in [0, 0.05) is 28.7 Å². The Hall–Kier alpha value is -3.69. The summed E-state index contributed by atoms with van der Waals surface area (Å²) in [5.74, 6) is -1.32. The van der Waals surface area contributed by atoms with Gasteiger partial charge in [-0.3, -0.25) is 14.3 Å². The number of fused-ring (bicyclic) bond motifs is 1. The van der Waals surface area contributed by atoms with Crippen LogP contribution in [0.3, 0.4) is 0 Å². The Morgan fingerprint density at radius 2 is 1.76 bits per heavy atom. The van der Waals surface area contributed by atoms with Crippen molar-refractivity contribution in [1.82, 2.24) is 10.3 Å². The number of anilines is 1. The van der Waals surface area contributed by atoms with Crippen molar-refractivity contribution in [2.75, 3.05) is 11.3 Å². The lowest BCUT2D eigenvalue weighted by atomic mass is 10.1. The number of aromatic nitrogens is 1. The van der Waals surface area contributed by atoms with Crippen LogP contribution in [0.15, 0.2) is 82.6 Å². The second-order valence-corrected chi connectivity index (χ2v) is 9.58. The number of carbonyl (C=O) groups is 1. The van der Waals surface area contributed by atoms with E-state index in [2.05, 4.69) is 15.0 Å². The number of carbonyl (C=O) groups excluding carboxylic acids is 1. The van der Waals surface area contributed by atoms with E-state index in [1.807, 2.05) is 12.1 Å². The SMILES string of the molecule is O=C(NCCc1ccc(Cl)cc1)c1c[nH]c2ccc(S(=O)(=O)Nc3ccccc3F)cc2c1=O. The fourth-order valence-corrected chi connectivity index (χ4v) is 4.57. The van der Waals surface area contributed by atoms with E-state index < -0.39 is 27.2 Å². The number of hydrogen-bond acceptors (Lipinski definition) is 4. The van der Waals surface area contributed by atoms with E-state index in [9.17, 15) is 22.4 Å². The van der Waals surface area contributed by atoms with Crippen molar-refractivity contribution in [1.29, 1.82) is 0 Å². The van der Waals surface area contributed by atoms with Gasteiger partial charge in [-0.15, -0.1) is 0 Å². The molecule has 0 bridgehead atoms. The number of rotatable bonds is 7. The quantitative estimate of drug-likeness (QED) is 0.356. The van der Waals surface area contributed by atoms with Gasteiger partial charge < -0.3 is 10.3 Å². The summed E-state index contributed by atoms with van der Waals surface area (Å²) in [5, 5.41) is 3.31. The number of amides is 1. The Morgan fingerprint density at radius 3 is 2.50 bits per heavy atom. The number of nitrogens with one attached hydrogen (secondary N) is 3. The van der Waals surface area contributed by atoms with Crippen LogP contribution in [0.5, 0.6) is 0 Å². The Kier molecular flexibility index (Phi) is 6.67. The monoisotopic (exact) mass is 499 g/mol. The summed E-state index contributed by atoms with van der Waals surface area (Å²) in [7, 11) is -4.18. The summed E-state index contributed by atoms with van der Waals surface area (Å²) in [5.41, 5.74) is 0.327. The van der Waals surface area contributed by atoms with Crippen molar-refractivity contribution in [2.24, 2.45) is 0 Å². The molecule has 0 unspecified atom stereocenters. The molecule has 1 amide bonds. The predicted molar refractivity (Wildman–Crippen MR) is 129 cm³/mol. The second-order valence-electron chi connectivity index (χ2n) is 7.46. The summed E-state index contributed by atoms with van der Waals surface area (Å²) in [4.78, 5) is 28.2. The average molecular weight is 500 g/mol. The maximum absolute atomic E-state index is 13.9. The molecule has 4 aromatic rings. The van der Waals surface area contributed by atoms with Gasteiger partial charge >= 0.3 is 0 Å². The first-order chi connectivity index (χ1) is 16.2. The zero-order valence-corrected chi connectivity index (χ0v) is 19.2. The first kappa shape index (κ1) is 23.5. The molecule has 1 aromatic heterocycles. The van der Waals surface area contributed by atoms with Crippen LogP contribution in [-0.2, 0) is 16.4 Å². The third-order valence-corrected chi connectivity index (χ3v) is 6.75. The van der Waals surface area contributed by atoms with E-state index in [1.54, 1.807) is 12.1 Å². The smallest absolute Gasteiger partial charge is 0.262 e. The molecule has 0 fully saturated rings. The standard InChI is InChI=1S/C24H19ClFN3O4S/c25-16-7-5-15(6-8-16)11-12-27-24(31)19-14-28-21-10-9-17(13-18(21)23(19)30)34(32,33)29-22-4-2-1-3-20(22)26/h1-10,13-14,29H,11-12H2,(H,27,31)(H,28,30). The van der Waals surface area contributed by atoms with Gasteiger partial charge in [0.1, 0.15) is 11.4 Å². The maximum atomic E-state index is 13.9. The summed E-state index contributed by atoms with van der Waals surface area (Å²) < 4.78 is 41.6. The average Bonchev–Trinajstić information content (AvgIpc) is 2.82. The normalized spacial score (nSPS) is 11.4. The Bertz CT molecular complexity index is 1540. The highest BCUT2D eigenvalue weighted by Gasteiger charge is 2.19. The molecule has 0 radical (unpaired) electrons. The summed E-state index contributed by atoms with van der Waals surface area (Å²) in [6.45, 7) is 0.291. The molecule has 10 heteroatoms. The molecule has 0 spiro atoms. The molecule has 34 heavy (non-hydrogen) atoms. The van der Waals surface area contributed by atoms with Gasteiger partial charge in [0.2, 0.25) is 5.43 Å². The van der Waals surface area contributed by atoms with Crippen LogP contribution in [0, 0.1) is 5.82 Å². The van der Waals surface area contributed by atoms with Crippen molar-refractivity contribution in [3.8, 4) is 0 Å². The second kappa shape index (κ2) is 9.66. The molecular formula is C24H19ClFN3O4S. The van der Waals surface area contributed by atoms with Gasteiger partial charge in [-0.25, -0.2) is 12.8 Å². The van der Waals surface area contributed by atoms with Gasteiger partial charge in [-0.2, -0.15) is 0 Å². The van der Waals surface area contributed by atoms with Crippen molar-refractivity contribution < 1.29 is 17.6 Å². The highest BCUT2D eigenvalue weighted by molar-refractivity contribution is 7.92. The van der Waals surface area contributed by atoms with Gasteiger partial charge in [-0.1, -0.05) is 35.9 Å². The van der Waals surface area contributed by atoms with E-state index in [4.69, 9.17) is 11.6 Å². The van der Waals surface area contributed by atoms with E-state index in [1.165, 1.54) is 36.5 Å². The molecule has 3 aromatic carbocycles. The third-order valence-electron chi connectivity index (χ3n) is 5.14. The largest absolute Gasteiger partial charge is 0.360 e. The summed E-state index contributed by atoms with van der Waals surface area (Å²) in [6, 6.07) is 16.4. The predicted octanol–water partition coefficient (Wildman–Crippen LogP) is 4.09. The van der Waals surface area contributed by atoms with E-state index in [0.29, 0.717) is 23.5 Å². The number of hydrogen-bond donors (Lipinski definition) is 3. The Balaban J connectivity index is 1.56. The number of sulfonamides is 1. The van der Waals surface area contributed by atoms with Crippen molar-refractivity contribution in [3.05, 3.63) is 105 Å². The van der Waals surface area contributed by atoms with Crippen molar-refractivity contribution >= 4 is 44.1 Å². The van der Waals surface area contributed by atoms with Gasteiger partial charge in [0.15, 0.2) is 0 Å².